The minimum atomic E-state index is -0.818. The summed E-state index contributed by atoms with van der Waals surface area (Å²) in [6.07, 6.45) is 0.289. The number of ether oxygens (including phenoxy) is 1. The summed E-state index contributed by atoms with van der Waals surface area (Å²) in [6, 6.07) is 9.57. The number of hydrogen-bond acceptors (Lipinski definition) is 3. The Morgan fingerprint density at radius 3 is 2.54 bits per heavy atom. The molecule has 0 aromatic heterocycles. The fraction of sp³-hybridized carbons (Fsp3) is 0.235. The second-order valence-corrected chi connectivity index (χ2v) is 5.04. The molecule has 128 valence electrons. The monoisotopic (exact) mass is 336 g/mol. The maximum Gasteiger partial charge on any atom is 0.319 e. The van der Waals surface area contributed by atoms with Gasteiger partial charge in [-0.1, -0.05) is 30.3 Å². The summed E-state index contributed by atoms with van der Waals surface area (Å²) in [5.74, 6) is -1.85. The van der Waals surface area contributed by atoms with Gasteiger partial charge in [0.1, 0.15) is 0 Å². The molecular formula is C17H18F2N2O3. The Hall–Kier alpha value is -2.67. The number of carbonyl (C=O) groups is 1. The van der Waals surface area contributed by atoms with Crippen LogP contribution in [-0.4, -0.2) is 24.9 Å². The number of anilines is 1. The first kappa shape index (κ1) is 17.7. The van der Waals surface area contributed by atoms with Gasteiger partial charge in [-0.3, -0.25) is 0 Å². The summed E-state index contributed by atoms with van der Waals surface area (Å²) in [6.45, 7) is -0.134. The lowest BCUT2D eigenvalue weighted by molar-refractivity contribution is 0.239. The van der Waals surface area contributed by atoms with Crippen LogP contribution in [-0.2, 0) is 0 Å². The molecule has 0 saturated heterocycles. The van der Waals surface area contributed by atoms with Gasteiger partial charge in [-0.15, -0.1) is 0 Å². The molecule has 0 fully saturated rings. The van der Waals surface area contributed by atoms with Gasteiger partial charge in [0.2, 0.25) is 0 Å². The maximum atomic E-state index is 13.9. The van der Waals surface area contributed by atoms with Crippen LogP contribution >= 0.6 is 0 Å². The van der Waals surface area contributed by atoms with E-state index in [2.05, 4.69) is 15.4 Å². The minimum Gasteiger partial charge on any atom is -0.494 e. The number of urea groups is 1. The van der Waals surface area contributed by atoms with Crippen molar-refractivity contribution in [3.8, 4) is 5.75 Å². The van der Waals surface area contributed by atoms with E-state index in [1.54, 1.807) is 24.3 Å². The molecule has 24 heavy (non-hydrogen) atoms. The molecule has 2 rings (SSSR count). The van der Waals surface area contributed by atoms with E-state index in [1.807, 2.05) is 6.07 Å². The Labute approximate surface area is 138 Å². The molecule has 0 spiro atoms. The highest BCUT2D eigenvalue weighted by atomic mass is 19.1. The van der Waals surface area contributed by atoms with Crippen molar-refractivity contribution in [3.05, 3.63) is 59.7 Å². The highest BCUT2D eigenvalue weighted by Crippen LogP contribution is 2.25. The van der Waals surface area contributed by atoms with Gasteiger partial charge >= 0.3 is 6.03 Å². The molecule has 0 saturated carbocycles. The number of methoxy groups -OCH3 is 1. The van der Waals surface area contributed by atoms with Gasteiger partial charge in [0.25, 0.3) is 0 Å². The molecule has 2 aromatic carbocycles. The van der Waals surface area contributed by atoms with Crippen LogP contribution in [0.5, 0.6) is 5.75 Å². The topological polar surface area (TPSA) is 70.6 Å². The summed E-state index contributed by atoms with van der Waals surface area (Å²) >= 11 is 0. The summed E-state index contributed by atoms with van der Waals surface area (Å²) < 4.78 is 32.2. The summed E-state index contributed by atoms with van der Waals surface area (Å²) in [5, 5.41) is 14.0. The molecular weight excluding hydrogens is 318 g/mol. The SMILES string of the molecule is COc1cc(F)c(NC(=O)N[C@H](CCO)c2ccccc2)cc1F. The average molecular weight is 336 g/mol. The largest absolute Gasteiger partial charge is 0.494 e. The molecule has 1 atom stereocenters. The van der Waals surface area contributed by atoms with Crippen LogP contribution in [0, 0.1) is 11.6 Å². The van der Waals surface area contributed by atoms with E-state index in [9.17, 15) is 13.6 Å². The van der Waals surface area contributed by atoms with Crippen LogP contribution in [0.25, 0.3) is 0 Å². The number of hydrogen-bond donors (Lipinski definition) is 3. The Kier molecular flexibility index (Phi) is 6.08. The third-order valence-corrected chi connectivity index (χ3v) is 3.41. The normalized spacial score (nSPS) is 11.7. The van der Waals surface area contributed by atoms with Gasteiger partial charge in [-0.25, -0.2) is 13.6 Å². The molecule has 0 radical (unpaired) electrons. The smallest absolute Gasteiger partial charge is 0.319 e. The van der Waals surface area contributed by atoms with E-state index in [4.69, 9.17) is 5.11 Å². The molecule has 0 heterocycles. The van der Waals surface area contributed by atoms with E-state index < -0.39 is 23.7 Å². The third kappa shape index (κ3) is 4.42. The van der Waals surface area contributed by atoms with Crippen molar-refractivity contribution in [3.63, 3.8) is 0 Å². The van der Waals surface area contributed by atoms with Crippen molar-refractivity contribution in [2.45, 2.75) is 12.5 Å². The molecule has 3 N–H and O–H groups in total. The summed E-state index contributed by atoms with van der Waals surface area (Å²) in [7, 11) is 1.22. The zero-order chi connectivity index (χ0) is 17.5. The quantitative estimate of drug-likeness (QED) is 0.758. The molecule has 2 aromatic rings. The van der Waals surface area contributed by atoms with Gasteiger partial charge in [0.15, 0.2) is 17.4 Å². The van der Waals surface area contributed by atoms with Crippen LogP contribution < -0.4 is 15.4 Å². The van der Waals surface area contributed by atoms with Crippen molar-refractivity contribution in [2.75, 3.05) is 19.0 Å². The van der Waals surface area contributed by atoms with Crippen LogP contribution in [0.15, 0.2) is 42.5 Å². The maximum absolute atomic E-state index is 13.9. The lowest BCUT2D eigenvalue weighted by Gasteiger charge is -2.19. The van der Waals surface area contributed by atoms with E-state index >= 15 is 0 Å². The molecule has 2 amide bonds. The first-order valence-corrected chi connectivity index (χ1v) is 7.31. The van der Waals surface area contributed by atoms with Crippen molar-refractivity contribution < 1.29 is 23.4 Å². The number of rotatable bonds is 6. The van der Waals surface area contributed by atoms with Crippen LogP contribution in [0.2, 0.25) is 0 Å². The highest BCUT2D eigenvalue weighted by molar-refractivity contribution is 5.89. The fourth-order valence-corrected chi connectivity index (χ4v) is 2.23. The second-order valence-electron chi connectivity index (χ2n) is 5.04. The third-order valence-electron chi connectivity index (χ3n) is 3.41. The predicted molar refractivity (Wildman–Crippen MR) is 86.0 cm³/mol. The highest BCUT2D eigenvalue weighted by Gasteiger charge is 2.16. The van der Waals surface area contributed by atoms with E-state index in [-0.39, 0.29) is 24.5 Å². The molecule has 5 nitrogen and oxygen atoms in total. The van der Waals surface area contributed by atoms with Crippen molar-refractivity contribution >= 4 is 11.7 Å². The van der Waals surface area contributed by atoms with Crippen molar-refractivity contribution in [1.82, 2.24) is 5.32 Å². The van der Waals surface area contributed by atoms with Crippen molar-refractivity contribution in [2.24, 2.45) is 0 Å². The van der Waals surface area contributed by atoms with E-state index in [1.165, 1.54) is 7.11 Å². The zero-order valence-corrected chi connectivity index (χ0v) is 13.1. The summed E-state index contributed by atoms with van der Waals surface area (Å²) in [5.41, 5.74) is 0.490. The number of aliphatic hydroxyl groups excluding tert-OH is 1. The van der Waals surface area contributed by atoms with Crippen LogP contribution in [0.3, 0.4) is 0 Å². The van der Waals surface area contributed by atoms with Gasteiger partial charge < -0.3 is 20.5 Å². The van der Waals surface area contributed by atoms with E-state index in [0.29, 0.717) is 0 Å². The molecule has 0 bridgehead atoms. The molecule has 0 aliphatic heterocycles. The number of nitrogens with one attached hydrogen (secondary N) is 2. The molecule has 7 heteroatoms. The molecule has 0 aliphatic carbocycles. The predicted octanol–water partition coefficient (Wildman–Crippen LogP) is 3.22. The van der Waals surface area contributed by atoms with Gasteiger partial charge in [-0.2, -0.15) is 0 Å². The Morgan fingerprint density at radius 1 is 1.21 bits per heavy atom. The van der Waals surface area contributed by atoms with Gasteiger partial charge in [-0.05, 0) is 12.0 Å². The Morgan fingerprint density at radius 2 is 1.92 bits per heavy atom. The van der Waals surface area contributed by atoms with Crippen LogP contribution in [0.4, 0.5) is 19.3 Å². The first-order chi connectivity index (χ1) is 11.5. The number of carbonyl (C=O) groups excluding carboxylic acids is 1. The van der Waals surface area contributed by atoms with Gasteiger partial charge in [0, 0.05) is 18.7 Å². The fourth-order valence-electron chi connectivity index (χ4n) is 2.23. The zero-order valence-electron chi connectivity index (χ0n) is 13.1. The lowest BCUT2D eigenvalue weighted by Crippen LogP contribution is -2.33. The Bertz CT molecular complexity index is 696. The number of benzene rings is 2. The van der Waals surface area contributed by atoms with Gasteiger partial charge in [0.05, 0.1) is 18.8 Å². The van der Waals surface area contributed by atoms with Crippen molar-refractivity contribution in [1.29, 1.82) is 0 Å². The number of aliphatic hydroxyl groups is 1. The summed E-state index contributed by atoms with van der Waals surface area (Å²) in [4.78, 5) is 12.1. The van der Waals surface area contributed by atoms with Crippen LogP contribution in [0.1, 0.15) is 18.0 Å². The molecule has 0 aliphatic rings. The number of amides is 2. The first-order valence-electron chi connectivity index (χ1n) is 7.31. The lowest BCUT2D eigenvalue weighted by atomic mass is 10.0. The molecule has 0 unspecified atom stereocenters. The number of halogens is 2. The standard InChI is InChI=1S/C17H18F2N2O3/c1-24-16-10-12(18)15(9-13(16)19)21-17(23)20-14(7-8-22)11-5-3-2-4-6-11/h2-6,9-10,14,22H,7-8H2,1H3,(H2,20,21,23)/t14-/m1/s1. The average Bonchev–Trinajstić information content (AvgIpc) is 2.58. The minimum absolute atomic E-state index is 0.134. The second kappa shape index (κ2) is 8.26. The Balaban J connectivity index is 2.10. The van der Waals surface area contributed by atoms with E-state index in [0.717, 1.165) is 17.7 Å².